The zero-order valence-corrected chi connectivity index (χ0v) is 26.5. The highest BCUT2D eigenvalue weighted by molar-refractivity contribution is 7.91. The SMILES string of the molecule is CC(C)(c1ccc(OCc2ccnc(NS(C)(=O)=O)n2)cc1)c1cc(Cl)c(OCCCOC(=O)Nc2ccccc2)c(C#N)c1. The molecule has 1 aromatic heterocycles. The van der Waals surface area contributed by atoms with Gasteiger partial charge in [-0.15, -0.1) is 0 Å². The topological polar surface area (TPSA) is 153 Å². The Morgan fingerprint density at radius 2 is 1.73 bits per heavy atom. The molecule has 2 N–H and O–H groups in total. The fourth-order valence-corrected chi connectivity index (χ4v) is 4.94. The Balaban J connectivity index is 1.34. The standard InChI is InChI=1S/C32H32ClN5O6S/c1-32(2,23-10-12-27(13-11-23)44-21-26-14-15-35-30(36-26)38-45(3,40)41)24-18-22(20-34)29(28(33)19-24)42-16-7-17-43-31(39)37-25-8-5-4-6-9-25/h4-6,8-15,18-19H,7,16-17,21H2,1-3H3,(H,37,39)(H,35,36,38). The number of hydrogen-bond donors (Lipinski definition) is 2. The summed E-state index contributed by atoms with van der Waals surface area (Å²) in [5.41, 5.74) is 2.68. The smallest absolute Gasteiger partial charge is 0.411 e. The Morgan fingerprint density at radius 3 is 2.42 bits per heavy atom. The molecule has 0 saturated carbocycles. The van der Waals surface area contributed by atoms with Crippen LogP contribution in [0.3, 0.4) is 0 Å². The molecule has 1 amide bonds. The summed E-state index contributed by atoms with van der Waals surface area (Å²) in [4.78, 5) is 20.0. The number of ether oxygens (including phenoxy) is 3. The first-order valence-corrected chi connectivity index (χ1v) is 16.1. The van der Waals surface area contributed by atoms with Crippen LogP contribution in [0.25, 0.3) is 0 Å². The molecule has 0 fully saturated rings. The van der Waals surface area contributed by atoms with Gasteiger partial charge in [0.1, 0.15) is 18.4 Å². The van der Waals surface area contributed by atoms with Crippen LogP contribution in [0.2, 0.25) is 5.02 Å². The van der Waals surface area contributed by atoms with Crippen molar-refractivity contribution in [2.75, 3.05) is 29.5 Å². The van der Waals surface area contributed by atoms with Crippen molar-refractivity contribution in [2.24, 2.45) is 0 Å². The third kappa shape index (κ3) is 9.56. The Hall–Kier alpha value is -4.86. The lowest BCUT2D eigenvalue weighted by Crippen LogP contribution is -2.19. The first-order valence-electron chi connectivity index (χ1n) is 13.8. The summed E-state index contributed by atoms with van der Waals surface area (Å²) in [7, 11) is -3.50. The summed E-state index contributed by atoms with van der Waals surface area (Å²) in [5, 5.41) is 12.8. The van der Waals surface area contributed by atoms with E-state index >= 15 is 0 Å². The maximum Gasteiger partial charge on any atom is 0.411 e. The zero-order valence-electron chi connectivity index (χ0n) is 24.9. The molecule has 3 aromatic carbocycles. The number of rotatable bonds is 13. The van der Waals surface area contributed by atoms with E-state index in [-0.39, 0.29) is 31.5 Å². The molecule has 0 unspecified atom stereocenters. The Labute approximate surface area is 267 Å². The number of nitrogens with zero attached hydrogens (tertiary/aromatic N) is 3. The second kappa shape index (κ2) is 14.7. The summed E-state index contributed by atoms with van der Waals surface area (Å²) in [5.74, 6) is 0.836. The highest BCUT2D eigenvalue weighted by atomic mass is 35.5. The number of amides is 1. The largest absolute Gasteiger partial charge is 0.490 e. The Morgan fingerprint density at radius 1 is 1.00 bits per heavy atom. The molecule has 45 heavy (non-hydrogen) atoms. The molecule has 0 radical (unpaired) electrons. The van der Waals surface area contributed by atoms with Gasteiger partial charge in [-0.25, -0.2) is 23.2 Å². The first-order chi connectivity index (χ1) is 21.4. The number of sulfonamides is 1. The Bertz CT molecular complexity index is 1780. The predicted molar refractivity (Wildman–Crippen MR) is 171 cm³/mol. The number of carbonyl (C=O) groups excluding carboxylic acids is 1. The van der Waals surface area contributed by atoms with Gasteiger partial charge in [-0.2, -0.15) is 5.26 Å². The average molecular weight is 650 g/mol. The normalized spacial score (nSPS) is 11.3. The minimum Gasteiger partial charge on any atom is -0.490 e. The molecule has 0 aliphatic carbocycles. The van der Waals surface area contributed by atoms with E-state index in [1.54, 1.807) is 30.3 Å². The number of benzene rings is 3. The van der Waals surface area contributed by atoms with Crippen LogP contribution in [0.15, 0.2) is 79.0 Å². The van der Waals surface area contributed by atoms with Crippen molar-refractivity contribution in [1.82, 2.24) is 9.97 Å². The third-order valence-electron chi connectivity index (χ3n) is 6.63. The summed E-state index contributed by atoms with van der Waals surface area (Å²) in [6.07, 6.45) is 2.31. The van der Waals surface area contributed by atoms with Crippen molar-refractivity contribution in [1.29, 1.82) is 5.26 Å². The molecule has 234 valence electrons. The summed E-state index contributed by atoms with van der Waals surface area (Å²) >= 11 is 6.59. The van der Waals surface area contributed by atoms with Crippen molar-refractivity contribution in [3.05, 3.63) is 106 Å². The molecule has 0 spiro atoms. The number of nitrogens with one attached hydrogen (secondary N) is 2. The van der Waals surface area contributed by atoms with Crippen LogP contribution in [0.4, 0.5) is 16.4 Å². The molecule has 1 heterocycles. The van der Waals surface area contributed by atoms with Gasteiger partial charge in [0.25, 0.3) is 0 Å². The number of anilines is 2. The summed E-state index contributed by atoms with van der Waals surface area (Å²) in [6.45, 7) is 4.47. The van der Waals surface area contributed by atoms with Crippen molar-refractivity contribution < 1.29 is 27.4 Å². The van der Waals surface area contributed by atoms with E-state index in [1.807, 2.05) is 56.3 Å². The minimum atomic E-state index is -3.50. The van der Waals surface area contributed by atoms with Gasteiger partial charge in [0.2, 0.25) is 16.0 Å². The number of para-hydroxylation sites is 1. The maximum atomic E-state index is 11.9. The monoisotopic (exact) mass is 649 g/mol. The highest BCUT2D eigenvalue weighted by Gasteiger charge is 2.26. The number of hydrogen-bond acceptors (Lipinski definition) is 9. The average Bonchev–Trinajstić information content (AvgIpc) is 3.00. The van der Waals surface area contributed by atoms with Crippen LogP contribution < -0.4 is 19.5 Å². The number of halogens is 1. The van der Waals surface area contributed by atoms with Crippen LogP contribution in [-0.2, 0) is 26.8 Å². The van der Waals surface area contributed by atoms with Gasteiger partial charge in [-0.3, -0.25) is 10.0 Å². The van der Waals surface area contributed by atoms with Gasteiger partial charge in [0.05, 0.1) is 35.7 Å². The lowest BCUT2D eigenvalue weighted by molar-refractivity contribution is 0.152. The fraction of sp³-hybridized carbons (Fsp3) is 0.250. The molecular weight excluding hydrogens is 618 g/mol. The van der Waals surface area contributed by atoms with Crippen LogP contribution in [-0.4, -0.2) is 43.9 Å². The van der Waals surface area contributed by atoms with E-state index in [0.717, 1.165) is 17.4 Å². The van der Waals surface area contributed by atoms with Gasteiger partial charge in [0, 0.05) is 23.7 Å². The zero-order chi connectivity index (χ0) is 32.5. The quantitative estimate of drug-likeness (QED) is 0.159. The van der Waals surface area contributed by atoms with Gasteiger partial charge in [-0.1, -0.05) is 55.8 Å². The molecule has 13 heteroatoms. The molecule has 0 atom stereocenters. The van der Waals surface area contributed by atoms with E-state index in [9.17, 15) is 18.5 Å². The van der Waals surface area contributed by atoms with Crippen molar-refractivity contribution in [3.8, 4) is 17.6 Å². The van der Waals surface area contributed by atoms with Gasteiger partial charge < -0.3 is 14.2 Å². The number of carbonyl (C=O) groups is 1. The number of nitriles is 1. The molecule has 0 aliphatic rings. The molecule has 4 rings (SSSR count). The van der Waals surface area contributed by atoms with E-state index in [0.29, 0.717) is 34.1 Å². The minimum absolute atomic E-state index is 0.0277. The van der Waals surface area contributed by atoms with E-state index in [4.69, 9.17) is 25.8 Å². The lowest BCUT2D eigenvalue weighted by atomic mass is 9.77. The van der Waals surface area contributed by atoms with E-state index in [1.165, 1.54) is 6.20 Å². The van der Waals surface area contributed by atoms with Gasteiger partial charge in [0.15, 0.2) is 5.75 Å². The number of aromatic nitrogens is 2. The molecule has 0 bridgehead atoms. The first kappa shape index (κ1) is 33.0. The maximum absolute atomic E-state index is 11.9. The predicted octanol–water partition coefficient (Wildman–Crippen LogP) is 6.30. The van der Waals surface area contributed by atoms with Crippen LogP contribution in [0, 0.1) is 11.3 Å². The molecule has 0 aliphatic heterocycles. The van der Waals surface area contributed by atoms with Crippen molar-refractivity contribution in [2.45, 2.75) is 32.3 Å². The lowest BCUT2D eigenvalue weighted by Gasteiger charge is -2.27. The van der Waals surface area contributed by atoms with Gasteiger partial charge in [-0.05, 0) is 53.6 Å². The van der Waals surface area contributed by atoms with Crippen LogP contribution in [0.5, 0.6) is 11.5 Å². The second-order valence-corrected chi connectivity index (χ2v) is 12.6. The Kier molecular flexibility index (Phi) is 10.8. The van der Waals surface area contributed by atoms with E-state index < -0.39 is 21.5 Å². The molecule has 11 nitrogen and oxygen atoms in total. The van der Waals surface area contributed by atoms with Crippen molar-refractivity contribution >= 4 is 39.4 Å². The van der Waals surface area contributed by atoms with Crippen LogP contribution in [0.1, 0.15) is 42.7 Å². The fourth-order valence-electron chi connectivity index (χ4n) is 4.24. The summed E-state index contributed by atoms with van der Waals surface area (Å²) < 4.78 is 42.0. The summed E-state index contributed by atoms with van der Waals surface area (Å²) in [6, 6.07) is 23.8. The third-order valence-corrected chi connectivity index (χ3v) is 7.46. The molecular formula is C32H32ClN5O6S. The molecule has 4 aromatic rings. The van der Waals surface area contributed by atoms with Gasteiger partial charge >= 0.3 is 6.09 Å². The van der Waals surface area contributed by atoms with Crippen molar-refractivity contribution in [3.63, 3.8) is 0 Å². The molecule has 0 saturated heterocycles. The second-order valence-electron chi connectivity index (χ2n) is 10.5. The highest BCUT2D eigenvalue weighted by Crippen LogP contribution is 2.38. The van der Waals surface area contributed by atoms with Crippen LogP contribution >= 0.6 is 11.6 Å². The van der Waals surface area contributed by atoms with E-state index in [2.05, 4.69) is 26.1 Å².